The van der Waals surface area contributed by atoms with E-state index in [2.05, 4.69) is 18.7 Å². The second-order valence-electron chi connectivity index (χ2n) is 5.23. The van der Waals surface area contributed by atoms with Gasteiger partial charge >= 0.3 is 0 Å². The molecule has 1 N–H and O–H groups in total. The Labute approximate surface area is 94.7 Å². The summed E-state index contributed by atoms with van der Waals surface area (Å²) in [6.45, 7) is 7.43. The largest absolute Gasteiger partial charge is 0.396 e. The molecule has 2 heteroatoms. The van der Waals surface area contributed by atoms with E-state index in [1.807, 2.05) is 0 Å². The Balaban J connectivity index is 2.23. The quantitative estimate of drug-likeness (QED) is 0.733. The lowest BCUT2D eigenvalue weighted by atomic mass is 9.98. The first-order valence-corrected chi connectivity index (χ1v) is 6.59. The van der Waals surface area contributed by atoms with Crippen LogP contribution in [0.4, 0.5) is 0 Å². The number of aliphatic hydroxyl groups is 1. The molecule has 2 nitrogen and oxygen atoms in total. The molecule has 1 atom stereocenters. The van der Waals surface area contributed by atoms with Gasteiger partial charge in [-0.2, -0.15) is 0 Å². The van der Waals surface area contributed by atoms with E-state index >= 15 is 0 Å². The maximum absolute atomic E-state index is 9.02. The lowest BCUT2D eigenvalue weighted by Gasteiger charge is -2.35. The highest BCUT2D eigenvalue weighted by Crippen LogP contribution is 2.20. The molecule has 1 aliphatic heterocycles. The standard InChI is InChI=1S/C13H27NO/c1-12(2)6-5-10-14-9-4-3-7-13(14)8-11-15/h12-13,15H,3-11H2,1-2H3. The normalized spacial score (nSPS) is 23.6. The fraction of sp³-hybridized carbons (Fsp3) is 1.00. The summed E-state index contributed by atoms with van der Waals surface area (Å²) in [4.78, 5) is 2.60. The molecule has 0 radical (unpaired) electrons. The molecule has 1 aliphatic rings. The summed E-state index contributed by atoms with van der Waals surface area (Å²) >= 11 is 0. The Bertz CT molecular complexity index is 157. The number of nitrogens with zero attached hydrogens (tertiary/aromatic N) is 1. The summed E-state index contributed by atoms with van der Waals surface area (Å²) in [6, 6.07) is 0.663. The maximum Gasteiger partial charge on any atom is 0.0445 e. The minimum absolute atomic E-state index is 0.353. The van der Waals surface area contributed by atoms with Crippen LogP contribution in [-0.2, 0) is 0 Å². The van der Waals surface area contributed by atoms with Gasteiger partial charge in [0, 0.05) is 12.6 Å². The highest BCUT2D eigenvalue weighted by atomic mass is 16.3. The lowest BCUT2D eigenvalue weighted by molar-refractivity contribution is 0.116. The summed E-state index contributed by atoms with van der Waals surface area (Å²) in [5, 5.41) is 9.02. The first-order valence-electron chi connectivity index (χ1n) is 6.59. The molecule has 0 aromatic rings. The third-order valence-electron chi connectivity index (χ3n) is 3.44. The van der Waals surface area contributed by atoms with E-state index in [4.69, 9.17) is 5.11 Å². The number of likely N-dealkylation sites (tertiary alicyclic amines) is 1. The highest BCUT2D eigenvalue weighted by molar-refractivity contribution is 4.76. The van der Waals surface area contributed by atoms with Crippen LogP contribution in [0.25, 0.3) is 0 Å². The van der Waals surface area contributed by atoms with E-state index in [0.717, 1.165) is 12.3 Å². The average Bonchev–Trinajstić information content (AvgIpc) is 2.20. The number of hydrogen-bond donors (Lipinski definition) is 1. The van der Waals surface area contributed by atoms with Crippen LogP contribution in [-0.4, -0.2) is 35.7 Å². The van der Waals surface area contributed by atoms with E-state index in [1.165, 1.54) is 45.2 Å². The van der Waals surface area contributed by atoms with Crippen LogP contribution in [0, 0.1) is 5.92 Å². The van der Waals surface area contributed by atoms with Crippen molar-refractivity contribution in [2.45, 2.75) is 58.4 Å². The van der Waals surface area contributed by atoms with Gasteiger partial charge in [-0.25, -0.2) is 0 Å². The molecular formula is C13H27NO. The lowest BCUT2D eigenvalue weighted by Crippen LogP contribution is -2.40. The van der Waals surface area contributed by atoms with Crippen molar-refractivity contribution in [1.82, 2.24) is 4.90 Å². The number of piperidine rings is 1. The van der Waals surface area contributed by atoms with Gasteiger partial charge in [0.25, 0.3) is 0 Å². The first-order chi connectivity index (χ1) is 7.24. The van der Waals surface area contributed by atoms with Crippen molar-refractivity contribution in [2.75, 3.05) is 19.7 Å². The monoisotopic (exact) mass is 213 g/mol. The molecule has 0 bridgehead atoms. The Kier molecular flexibility index (Phi) is 6.26. The minimum Gasteiger partial charge on any atom is -0.396 e. The van der Waals surface area contributed by atoms with E-state index in [9.17, 15) is 0 Å². The molecule has 1 saturated heterocycles. The molecular weight excluding hydrogens is 186 g/mol. The zero-order valence-electron chi connectivity index (χ0n) is 10.4. The van der Waals surface area contributed by atoms with Crippen molar-refractivity contribution in [3.8, 4) is 0 Å². The van der Waals surface area contributed by atoms with Gasteiger partial charge in [0.05, 0.1) is 0 Å². The Morgan fingerprint density at radius 2 is 2.13 bits per heavy atom. The molecule has 0 aliphatic carbocycles. The van der Waals surface area contributed by atoms with Crippen molar-refractivity contribution in [2.24, 2.45) is 5.92 Å². The summed E-state index contributed by atoms with van der Waals surface area (Å²) in [5.74, 6) is 0.825. The fourth-order valence-corrected chi connectivity index (χ4v) is 2.53. The molecule has 0 saturated carbocycles. The smallest absolute Gasteiger partial charge is 0.0445 e. The van der Waals surface area contributed by atoms with Crippen LogP contribution in [0.3, 0.4) is 0 Å². The highest BCUT2D eigenvalue weighted by Gasteiger charge is 2.20. The minimum atomic E-state index is 0.353. The Morgan fingerprint density at radius 1 is 1.33 bits per heavy atom. The molecule has 90 valence electrons. The van der Waals surface area contributed by atoms with Gasteiger partial charge in [-0.05, 0) is 51.1 Å². The zero-order valence-corrected chi connectivity index (χ0v) is 10.4. The van der Waals surface area contributed by atoms with Crippen LogP contribution in [0.1, 0.15) is 52.4 Å². The topological polar surface area (TPSA) is 23.5 Å². The average molecular weight is 213 g/mol. The molecule has 0 spiro atoms. The van der Waals surface area contributed by atoms with E-state index < -0.39 is 0 Å². The molecule has 1 heterocycles. The maximum atomic E-state index is 9.02. The van der Waals surface area contributed by atoms with Gasteiger partial charge in [-0.3, -0.25) is 0 Å². The van der Waals surface area contributed by atoms with Gasteiger partial charge in [0.2, 0.25) is 0 Å². The van der Waals surface area contributed by atoms with Crippen LogP contribution < -0.4 is 0 Å². The third-order valence-corrected chi connectivity index (χ3v) is 3.44. The first kappa shape index (κ1) is 13.0. The van der Waals surface area contributed by atoms with E-state index in [0.29, 0.717) is 12.6 Å². The summed E-state index contributed by atoms with van der Waals surface area (Å²) in [6.07, 6.45) is 7.63. The second kappa shape index (κ2) is 7.24. The van der Waals surface area contributed by atoms with Crippen molar-refractivity contribution in [3.63, 3.8) is 0 Å². The van der Waals surface area contributed by atoms with Crippen LogP contribution in [0.5, 0.6) is 0 Å². The molecule has 0 aromatic carbocycles. The van der Waals surface area contributed by atoms with Crippen molar-refractivity contribution in [1.29, 1.82) is 0 Å². The number of rotatable bonds is 6. The predicted octanol–water partition coefficient (Wildman–Crippen LogP) is 2.66. The predicted molar refractivity (Wildman–Crippen MR) is 65.0 cm³/mol. The number of aliphatic hydroxyl groups excluding tert-OH is 1. The van der Waals surface area contributed by atoms with E-state index in [-0.39, 0.29) is 0 Å². The molecule has 0 amide bonds. The van der Waals surface area contributed by atoms with Gasteiger partial charge < -0.3 is 10.0 Å². The molecule has 1 fully saturated rings. The molecule has 1 rings (SSSR count). The van der Waals surface area contributed by atoms with Crippen LogP contribution in [0.2, 0.25) is 0 Å². The van der Waals surface area contributed by atoms with Gasteiger partial charge in [-0.1, -0.05) is 20.3 Å². The summed E-state index contributed by atoms with van der Waals surface area (Å²) < 4.78 is 0. The van der Waals surface area contributed by atoms with Crippen molar-refractivity contribution < 1.29 is 5.11 Å². The van der Waals surface area contributed by atoms with Crippen molar-refractivity contribution >= 4 is 0 Å². The second-order valence-corrected chi connectivity index (χ2v) is 5.23. The number of hydrogen-bond acceptors (Lipinski definition) is 2. The Hall–Kier alpha value is -0.0800. The van der Waals surface area contributed by atoms with Crippen molar-refractivity contribution in [3.05, 3.63) is 0 Å². The molecule has 1 unspecified atom stereocenters. The van der Waals surface area contributed by atoms with Gasteiger partial charge in [-0.15, -0.1) is 0 Å². The SMILES string of the molecule is CC(C)CCCN1CCCCC1CCO. The molecule has 15 heavy (non-hydrogen) atoms. The van der Waals surface area contributed by atoms with Gasteiger partial charge in [0.15, 0.2) is 0 Å². The summed E-state index contributed by atoms with van der Waals surface area (Å²) in [5.41, 5.74) is 0. The summed E-state index contributed by atoms with van der Waals surface area (Å²) in [7, 11) is 0. The van der Waals surface area contributed by atoms with Crippen LogP contribution >= 0.6 is 0 Å². The van der Waals surface area contributed by atoms with Gasteiger partial charge in [0.1, 0.15) is 0 Å². The zero-order chi connectivity index (χ0) is 11.1. The van der Waals surface area contributed by atoms with E-state index in [1.54, 1.807) is 0 Å². The third kappa shape index (κ3) is 4.98. The Morgan fingerprint density at radius 3 is 2.80 bits per heavy atom. The molecule has 0 aromatic heterocycles. The fourth-order valence-electron chi connectivity index (χ4n) is 2.53. The van der Waals surface area contributed by atoms with Crippen LogP contribution in [0.15, 0.2) is 0 Å².